The summed E-state index contributed by atoms with van der Waals surface area (Å²) in [6.45, 7) is 0.832. The largest absolute Gasteiger partial charge is 0.337 e. The Morgan fingerprint density at radius 3 is 3.13 bits per heavy atom. The van der Waals surface area contributed by atoms with E-state index in [0.29, 0.717) is 17.5 Å². The number of carbonyl (C=O) groups excluding carboxylic acids is 1. The van der Waals surface area contributed by atoms with E-state index in [2.05, 4.69) is 14.9 Å². The molecule has 1 saturated heterocycles. The zero-order chi connectivity index (χ0) is 15.8. The van der Waals surface area contributed by atoms with Crippen LogP contribution in [-0.2, 0) is 17.8 Å². The van der Waals surface area contributed by atoms with Crippen LogP contribution in [0.1, 0.15) is 43.0 Å². The van der Waals surface area contributed by atoms with Gasteiger partial charge < -0.3 is 9.47 Å². The van der Waals surface area contributed by atoms with Crippen molar-refractivity contribution in [2.45, 2.75) is 50.7 Å². The van der Waals surface area contributed by atoms with Gasteiger partial charge in [-0.2, -0.15) is 0 Å². The van der Waals surface area contributed by atoms with Gasteiger partial charge >= 0.3 is 0 Å². The Morgan fingerprint density at radius 2 is 2.30 bits per heavy atom. The molecule has 4 heterocycles. The summed E-state index contributed by atoms with van der Waals surface area (Å²) < 4.78 is 2.01. The minimum Gasteiger partial charge on any atom is -0.337 e. The van der Waals surface area contributed by atoms with Crippen LogP contribution in [0.3, 0.4) is 0 Å². The molecule has 0 N–H and O–H groups in total. The van der Waals surface area contributed by atoms with Crippen molar-refractivity contribution >= 4 is 17.5 Å². The number of imidazole rings is 1. The second-order valence-electron chi connectivity index (χ2n) is 6.35. The molecule has 5 nitrogen and oxygen atoms in total. The number of halogens is 1. The highest BCUT2D eigenvalue weighted by Gasteiger charge is 2.42. The first-order valence-electron chi connectivity index (χ1n) is 8.13. The van der Waals surface area contributed by atoms with Gasteiger partial charge in [-0.05, 0) is 30.9 Å². The molecule has 0 aliphatic carbocycles. The lowest BCUT2D eigenvalue weighted by Gasteiger charge is -2.36. The van der Waals surface area contributed by atoms with E-state index in [1.165, 1.54) is 0 Å². The summed E-state index contributed by atoms with van der Waals surface area (Å²) in [5, 5.41) is 0.654. The fraction of sp³-hybridized carbons (Fsp3) is 0.471. The SMILES string of the molecule is O=C(CCCn1ccnc1)N1C2CCC1c1cc(Cl)cnc1C2. The standard InChI is InChI=1S/C17H19ClN4O/c18-12-8-14-15(20-10-12)9-13-3-4-16(14)22(13)17(23)2-1-6-21-7-5-19-11-21/h5,7-8,10-11,13,16H,1-4,6,9H2. The quantitative estimate of drug-likeness (QED) is 0.866. The van der Waals surface area contributed by atoms with Gasteiger partial charge in [-0.25, -0.2) is 4.98 Å². The third-order valence-electron chi connectivity index (χ3n) is 4.91. The molecule has 0 aromatic carbocycles. The molecule has 0 saturated carbocycles. The summed E-state index contributed by atoms with van der Waals surface area (Å²) in [5.41, 5.74) is 2.26. The van der Waals surface area contributed by atoms with Crippen LogP contribution >= 0.6 is 11.6 Å². The Bertz CT molecular complexity index is 715. The molecule has 23 heavy (non-hydrogen) atoms. The Balaban J connectivity index is 1.46. The maximum atomic E-state index is 12.7. The predicted molar refractivity (Wildman–Crippen MR) is 87.0 cm³/mol. The van der Waals surface area contributed by atoms with Crippen LogP contribution in [0.2, 0.25) is 5.02 Å². The summed E-state index contributed by atoms with van der Waals surface area (Å²) in [7, 11) is 0. The minimum absolute atomic E-state index is 0.163. The molecule has 0 spiro atoms. The van der Waals surface area contributed by atoms with Crippen molar-refractivity contribution in [3.8, 4) is 0 Å². The first-order valence-corrected chi connectivity index (χ1v) is 8.51. The van der Waals surface area contributed by atoms with Gasteiger partial charge in [-0.3, -0.25) is 9.78 Å². The van der Waals surface area contributed by atoms with Crippen molar-refractivity contribution in [1.29, 1.82) is 0 Å². The van der Waals surface area contributed by atoms with Gasteiger partial charge in [-0.15, -0.1) is 0 Å². The summed E-state index contributed by atoms with van der Waals surface area (Å²) in [6.07, 6.45) is 11.6. The Hall–Kier alpha value is -1.88. The van der Waals surface area contributed by atoms with Gasteiger partial charge in [0.05, 0.1) is 17.4 Å². The second-order valence-corrected chi connectivity index (χ2v) is 6.78. The Kier molecular flexibility index (Phi) is 3.81. The Morgan fingerprint density at radius 1 is 1.39 bits per heavy atom. The average molecular weight is 331 g/mol. The maximum Gasteiger partial charge on any atom is 0.223 e. The van der Waals surface area contributed by atoms with E-state index in [1.54, 1.807) is 18.7 Å². The number of nitrogens with zero attached hydrogens (tertiary/aromatic N) is 4. The number of aryl methyl sites for hydroxylation is 1. The molecular weight excluding hydrogens is 312 g/mol. The highest BCUT2D eigenvalue weighted by molar-refractivity contribution is 6.30. The van der Waals surface area contributed by atoms with E-state index in [1.807, 2.05) is 16.8 Å². The molecule has 2 aromatic rings. The summed E-state index contributed by atoms with van der Waals surface area (Å²) in [6, 6.07) is 2.46. The first kappa shape index (κ1) is 14.7. The molecule has 2 bridgehead atoms. The van der Waals surface area contributed by atoms with Crippen LogP contribution in [0.4, 0.5) is 0 Å². The minimum atomic E-state index is 0.163. The van der Waals surface area contributed by atoms with E-state index < -0.39 is 0 Å². The van der Waals surface area contributed by atoms with Crippen LogP contribution in [0.5, 0.6) is 0 Å². The topological polar surface area (TPSA) is 51.0 Å². The lowest BCUT2D eigenvalue weighted by Crippen LogP contribution is -2.42. The molecular formula is C17H19ClN4O. The zero-order valence-corrected chi connectivity index (χ0v) is 13.6. The normalized spacial score (nSPS) is 22.2. The van der Waals surface area contributed by atoms with Crippen molar-refractivity contribution in [2.24, 2.45) is 0 Å². The maximum absolute atomic E-state index is 12.7. The van der Waals surface area contributed by atoms with E-state index >= 15 is 0 Å². The number of rotatable bonds is 4. The number of hydrogen-bond acceptors (Lipinski definition) is 3. The first-order chi connectivity index (χ1) is 11.2. The molecule has 2 aromatic heterocycles. The predicted octanol–water partition coefficient (Wildman–Crippen LogP) is 3.00. The third-order valence-corrected chi connectivity index (χ3v) is 5.12. The number of hydrogen-bond donors (Lipinski definition) is 0. The van der Waals surface area contributed by atoms with Gasteiger partial charge in [0, 0.05) is 49.7 Å². The molecule has 1 amide bonds. The highest BCUT2D eigenvalue weighted by atomic mass is 35.5. The lowest BCUT2D eigenvalue weighted by atomic mass is 9.97. The van der Waals surface area contributed by atoms with Crippen LogP contribution in [0, 0.1) is 0 Å². The van der Waals surface area contributed by atoms with E-state index in [9.17, 15) is 4.79 Å². The molecule has 0 radical (unpaired) electrons. The molecule has 1 fully saturated rings. The molecule has 2 aliphatic rings. The molecule has 4 rings (SSSR count). The van der Waals surface area contributed by atoms with Crippen LogP contribution < -0.4 is 0 Å². The average Bonchev–Trinajstić information content (AvgIpc) is 3.16. The van der Waals surface area contributed by atoms with Crippen LogP contribution in [0.25, 0.3) is 0 Å². The number of carbonyl (C=O) groups is 1. The highest BCUT2D eigenvalue weighted by Crippen LogP contribution is 2.44. The smallest absolute Gasteiger partial charge is 0.223 e. The van der Waals surface area contributed by atoms with Crippen molar-refractivity contribution in [3.05, 3.63) is 47.3 Å². The summed E-state index contributed by atoms with van der Waals surface area (Å²) >= 11 is 6.11. The van der Waals surface area contributed by atoms with Gasteiger partial charge in [-0.1, -0.05) is 11.6 Å². The van der Waals surface area contributed by atoms with Crippen molar-refractivity contribution in [1.82, 2.24) is 19.4 Å². The van der Waals surface area contributed by atoms with Crippen LogP contribution in [-0.4, -0.2) is 31.4 Å². The van der Waals surface area contributed by atoms with E-state index in [4.69, 9.17) is 11.6 Å². The fourth-order valence-electron chi connectivity index (χ4n) is 3.89. The number of fused-ring (bicyclic) bond motifs is 4. The molecule has 6 heteroatoms. The second kappa shape index (κ2) is 5.96. The zero-order valence-electron chi connectivity index (χ0n) is 12.9. The summed E-state index contributed by atoms with van der Waals surface area (Å²) in [4.78, 5) is 23.3. The third kappa shape index (κ3) is 2.74. The van der Waals surface area contributed by atoms with Crippen LogP contribution in [0.15, 0.2) is 31.0 Å². The number of pyridine rings is 1. The number of aromatic nitrogens is 3. The lowest BCUT2D eigenvalue weighted by molar-refractivity contribution is -0.134. The van der Waals surface area contributed by atoms with Crippen molar-refractivity contribution in [3.63, 3.8) is 0 Å². The van der Waals surface area contributed by atoms with Crippen molar-refractivity contribution < 1.29 is 4.79 Å². The summed E-state index contributed by atoms with van der Waals surface area (Å²) in [5.74, 6) is 0.253. The molecule has 120 valence electrons. The molecule has 2 aliphatic heterocycles. The van der Waals surface area contributed by atoms with Gasteiger partial charge in [0.1, 0.15) is 0 Å². The Labute approximate surface area is 140 Å². The van der Waals surface area contributed by atoms with Crippen molar-refractivity contribution in [2.75, 3.05) is 0 Å². The molecule has 2 atom stereocenters. The number of amides is 1. The van der Waals surface area contributed by atoms with E-state index in [-0.39, 0.29) is 11.9 Å². The van der Waals surface area contributed by atoms with Gasteiger partial charge in [0.2, 0.25) is 5.91 Å². The molecule has 2 unspecified atom stereocenters. The monoisotopic (exact) mass is 330 g/mol. The van der Waals surface area contributed by atoms with Gasteiger partial charge in [0.25, 0.3) is 0 Å². The van der Waals surface area contributed by atoms with Gasteiger partial charge in [0.15, 0.2) is 0 Å². The van der Waals surface area contributed by atoms with E-state index in [0.717, 1.165) is 43.5 Å². The fourth-order valence-corrected chi connectivity index (χ4v) is 4.06.